The second-order valence-corrected chi connectivity index (χ2v) is 9.10. The van der Waals surface area contributed by atoms with Crippen molar-refractivity contribution in [3.8, 4) is 0 Å². The first-order valence-corrected chi connectivity index (χ1v) is 9.82. The summed E-state index contributed by atoms with van der Waals surface area (Å²) in [5, 5.41) is 2.73. The van der Waals surface area contributed by atoms with Crippen LogP contribution in [0.2, 0.25) is 0 Å². The fourth-order valence-corrected chi connectivity index (χ4v) is 2.69. The minimum absolute atomic E-state index is 0.0985. The fourth-order valence-electron chi connectivity index (χ4n) is 2.69. The first-order chi connectivity index (χ1) is 13.8. The maximum Gasteiger partial charge on any atom is 0.492 e. The van der Waals surface area contributed by atoms with Crippen LogP contribution in [0.25, 0.3) is 6.08 Å². The van der Waals surface area contributed by atoms with Crippen LogP contribution in [0.1, 0.15) is 64.5 Å². The largest absolute Gasteiger partial charge is 0.492 e. The number of amides is 1. The van der Waals surface area contributed by atoms with E-state index in [1.807, 2.05) is 27.7 Å². The first kappa shape index (κ1) is 23.9. The summed E-state index contributed by atoms with van der Waals surface area (Å²) in [5.74, 6) is -0.560. The molecule has 2 heterocycles. The lowest BCUT2D eigenvalue weighted by Gasteiger charge is -2.32. The number of ether oxygens (including phenoxy) is 2. The van der Waals surface area contributed by atoms with Crippen molar-refractivity contribution in [2.45, 2.75) is 65.3 Å². The lowest BCUT2D eigenvalue weighted by atomic mass is 9.77. The van der Waals surface area contributed by atoms with Crippen molar-refractivity contribution in [1.29, 1.82) is 0 Å². The monoisotopic (exact) mass is 418 g/mol. The van der Waals surface area contributed by atoms with Gasteiger partial charge in [-0.15, -0.1) is 0 Å². The predicted molar refractivity (Wildman–Crippen MR) is 114 cm³/mol. The Morgan fingerprint density at radius 3 is 2.33 bits per heavy atom. The molecule has 0 spiro atoms. The van der Waals surface area contributed by atoms with E-state index in [4.69, 9.17) is 18.8 Å². The Kier molecular flexibility index (Phi) is 6.99. The van der Waals surface area contributed by atoms with Gasteiger partial charge in [-0.3, -0.25) is 0 Å². The highest BCUT2D eigenvalue weighted by Gasteiger charge is 2.52. The van der Waals surface area contributed by atoms with Gasteiger partial charge in [0, 0.05) is 18.3 Å². The SMILES string of the molecule is COC(=O)c1ncccc1C=C(CNC(=O)OC(C)(C)C)B1OC(C)(C)C(C)(C)O1. The van der Waals surface area contributed by atoms with Gasteiger partial charge in [-0.05, 0) is 60.0 Å². The summed E-state index contributed by atoms with van der Waals surface area (Å²) in [5.41, 5.74) is -0.463. The van der Waals surface area contributed by atoms with Crippen LogP contribution in [0.4, 0.5) is 4.79 Å². The molecule has 0 unspecified atom stereocenters. The molecule has 8 nitrogen and oxygen atoms in total. The Balaban J connectivity index is 2.37. The zero-order chi connectivity index (χ0) is 22.7. The van der Waals surface area contributed by atoms with Crippen LogP contribution >= 0.6 is 0 Å². The number of hydrogen-bond donors (Lipinski definition) is 1. The number of nitrogens with one attached hydrogen (secondary N) is 1. The Hall–Kier alpha value is -2.39. The lowest BCUT2D eigenvalue weighted by Crippen LogP contribution is -2.41. The molecule has 1 aromatic heterocycles. The Bertz CT molecular complexity index is 813. The van der Waals surface area contributed by atoms with Gasteiger partial charge in [-0.2, -0.15) is 0 Å². The van der Waals surface area contributed by atoms with Crippen LogP contribution in [0.15, 0.2) is 23.8 Å². The van der Waals surface area contributed by atoms with E-state index < -0.39 is 36.0 Å². The van der Waals surface area contributed by atoms with Crippen molar-refractivity contribution in [2.75, 3.05) is 13.7 Å². The van der Waals surface area contributed by atoms with Crippen molar-refractivity contribution >= 4 is 25.3 Å². The van der Waals surface area contributed by atoms with Gasteiger partial charge < -0.3 is 24.1 Å². The number of hydrogen-bond acceptors (Lipinski definition) is 7. The van der Waals surface area contributed by atoms with Gasteiger partial charge in [0.2, 0.25) is 0 Å². The molecule has 0 bridgehead atoms. The highest BCUT2D eigenvalue weighted by molar-refractivity contribution is 6.56. The molecule has 164 valence electrons. The molecule has 1 aliphatic rings. The van der Waals surface area contributed by atoms with Gasteiger partial charge in [-0.25, -0.2) is 14.6 Å². The van der Waals surface area contributed by atoms with E-state index in [9.17, 15) is 9.59 Å². The summed E-state index contributed by atoms with van der Waals surface area (Å²) in [6.07, 6.45) is 2.67. The van der Waals surface area contributed by atoms with Gasteiger partial charge >= 0.3 is 19.2 Å². The quantitative estimate of drug-likeness (QED) is 0.578. The molecule has 0 radical (unpaired) electrons. The smallest absolute Gasteiger partial charge is 0.464 e. The number of carbonyl (C=O) groups is 2. The first-order valence-electron chi connectivity index (χ1n) is 9.82. The molecule has 30 heavy (non-hydrogen) atoms. The molecule has 1 N–H and O–H groups in total. The Labute approximate surface area is 178 Å². The second kappa shape index (κ2) is 8.77. The van der Waals surface area contributed by atoms with E-state index in [0.29, 0.717) is 11.0 Å². The maximum atomic E-state index is 12.2. The summed E-state index contributed by atoms with van der Waals surface area (Å²) >= 11 is 0. The number of aromatic nitrogens is 1. The maximum absolute atomic E-state index is 12.2. The number of esters is 1. The number of alkyl carbamates (subject to hydrolysis) is 1. The predicted octanol–water partition coefficient (Wildman–Crippen LogP) is 3.41. The van der Waals surface area contributed by atoms with Gasteiger partial charge in [0.1, 0.15) is 5.60 Å². The third-order valence-corrected chi connectivity index (χ3v) is 4.95. The third-order valence-electron chi connectivity index (χ3n) is 4.95. The van der Waals surface area contributed by atoms with Crippen molar-refractivity contribution in [3.05, 3.63) is 35.1 Å². The van der Waals surface area contributed by atoms with E-state index in [-0.39, 0.29) is 12.2 Å². The number of nitrogens with zero attached hydrogens (tertiary/aromatic N) is 1. The van der Waals surface area contributed by atoms with E-state index in [0.717, 1.165) is 0 Å². The average molecular weight is 418 g/mol. The van der Waals surface area contributed by atoms with Crippen molar-refractivity contribution in [3.63, 3.8) is 0 Å². The Morgan fingerprint density at radius 2 is 1.80 bits per heavy atom. The molecule has 2 rings (SSSR count). The molecule has 0 saturated carbocycles. The van der Waals surface area contributed by atoms with Crippen LogP contribution < -0.4 is 5.32 Å². The normalized spacial score (nSPS) is 18.1. The molecule has 1 aliphatic heterocycles. The zero-order valence-corrected chi connectivity index (χ0v) is 19.0. The standard InChI is InChI=1S/C21H31BN2O6/c1-19(2,3)28-18(26)24-13-15(22-29-20(4,5)21(6,7)30-22)12-14-10-9-11-23-16(14)17(25)27-8/h9-12H,13H2,1-8H3,(H,24,26). The van der Waals surface area contributed by atoms with Crippen molar-refractivity contribution < 1.29 is 28.4 Å². The summed E-state index contributed by atoms with van der Waals surface area (Å²) in [7, 11) is 0.569. The zero-order valence-electron chi connectivity index (χ0n) is 19.0. The van der Waals surface area contributed by atoms with Crippen LogP contribution in [0.5, 0.6) is 0 Å². The summed E-state index contributed by atoms with van der Waals surface area (Å²) in [6, 6.07) is 3.44. The van der Waals surface area contributed by atoms with E-state index in [1.54, 1.807) is 39.0 Å². The molecular weight excluding hydrogens is 387 g/mol. The second-order valence-electron chi connectivity index (χ2n) is 9.10. The lowest BCUT2D eigenvalue weighted by molar-refractivity contribution is 0.00578. The molecule has 1 amide bonds. The molecule has 9 heteroatoms. The average Bonchev–Trinajstić information content (AvgIpc) is 2.84. The summed E-state index contributed by atoms with van der Waals surface area (Å²) in [6.45, 7) is 13.2. The molecule has 1 aromatic rings. The van der Waals surface area contributed by atoms with E-state index >= 15 is 0 Å². The van der Waals surface area contributed by atoms with Crippen LogP contribution in [0, 0.1) is 0 Å². The number of methoxy groups -OCH3 is 1. The van der Waals surface area contributed by atoms with Crippen LogP contribution in [-0.4, -0.2) is 54.6 Å². The van der Waals surface area contributed by atoms with Crippen LogP contribution in [0.3, 0.4) is 0 Å². The van der Waals surface area contributed by atoms with E-state index in [1.165, 1.54) is 13.3 Å². The Morgan fingerprint density at radius 1 is 1.20 bits per heavy atom. The molecule has 1 saturated heterocycles. The molecule has 0 aliphatic carbocycles. The number of carbonyl (C=O) groups excluding carboxylic acids is 2. The van der Waals surface area contributed by atoms with Crippen LogP contribution in [-0.2, 0) is 18.8 Å². The van der Waals surface area contributed by atoms with Gasteiger partial charge in [0.05, 0.1) is 18.3 Å². The molecule has 0 aromatic carbocycles. The number of rotatable bonds is 5. The van der Waals surface area contributed by atoms with Crippen molar-refractivity contribution in [1.82, 2.24) is 10.3 Å². The van der Waals surface area contributed by atoms with Gasteiger partial charge in [0.15, 0.2) is 5.69 Å². The van der Waals surface area contributed by atoms with E-state index in [2.05, 4.69) is 10.3 Å². The molecular formula is C21H31BN2O6. The van der Waals surface area contributed by atoms with Gasteiger partial charge in [-0.1, -0.05) is 12.1 Å². The molecule has 0 atom stereocenters. The van der Waals surface area contributed by atoms with Crippen molar-refractivity contribution in [2.24, 2.45) is 0 Å². The minimum atomic E-state index is -0.726. The summed E-state index contributed by atoms with van der Waals surface area (Å²) in [4.78, 5) is 28.4. The summed E-state index contributed by atoms with van der Waals surface area (Å²) < 4.78 is 22.4. The number of pyridine rings is 1. The fraction of sp³-hybridized carbons (Fsp3) is 0.571. The highest BCUT2D eigenvalue weighted by Crippen LogP contribution is 2.38. The molecule has 1 fully saturated rings. The van der Waals surface area contributed by atoms with Gasteiger partial charge in [0.25, 0.3) is 0 Å². The minimum Gasteiger partial charge on any atom is -0.464 e. The third kappa shape index (κ3) is 5.83. The highest BCUT2D eigenvalue weighted by atomic mass is 16.7. The topological polar surface area (TPSA) is 96.0 Å².